The molecule has 0 aliphatic rings. The molecule has 0 amide bonds. The maximum atomic E-state index is 7.09. The van der Waals surface area contributed by atoms with Gasteiger partial charge in [0.1, 0.15) is 22.3 Å². The first-order valence-electron chi connectivity index (χ1n) is 25.5. The van der Waals surface area contributed by atoms with Gasteiger partial charge in [-0.3, -0.25) is 4.98 Å². The lowest BCUT2D eigenvalue weighted by Gasteiger charge is -2.14. The van der Waals surface area contributed by atoms with Gasteiger partial charge in [-0.2, -0.15) is 0 Å². The van der Waals surface area contributed by atoms with E-state index in [9.17, 15) is 0 Å². The fraction of sp³-hybridized carbons (Fsp3) is 0. The summed E-state index contributed by atoms with van der Waals surface area (Å²) in [6.45, 7) is 0. The molecule has 0 unspecified atom stereocenters. The van der Waals surface area contributed by atoms with Crippen molar-refractivity contribution in [2.75, 3.05) is 0 Å². The Hall–Kier alpha value is -10.4. The molecule has 0 fully saturated rings. The molecule has 0 spiro atoms. The number of rotatable bonds is 7. The molecular weight excluding hydrogens is 933 g/mol. The van der Waals surface area contributed by atoms with Crippen LogP contribution in [0.3, 0.4) is 0 Å². The van der Waals surface area contributed by atoms with E-state index in [2.05, 4.69) is 185 Å². The zero-order chi connectivity index (χ0) is 49.8. The standard InChI is InChI=1S/C68H40N6O2/c1-5-19-41(20-6-1)66-70-67(42-21-7-2-8-22-42)72-68(71-66)54-39-43(46-29-17-30-51-59-57(75-64(46)51)37-35-49-47-27-13-15-33-55(47)73(62(49)59)44-23-9-3-10-24-44)40-69-61(54)53-32-18-31-52-60-58(76-65(52)53)38-36-50-48-28-14-16-34-56(48)74(63(50)60)45-25-11-4-12-26-45/h1-40H. The summed E-state index contributed by atoms with van der Waals surface area (Å²) in [5.41, 5.74) is 15.3. The van der Waals surface area contributed by atoms with Gasteiger partial charge in [-0.05, 0) is 72.8 Å². The molecule has 0 aliphatic heterocycles. The molecule has 16 aromatic rings. The fourth-order valence-corrected chi connectivity index (χ4v) is 11.7. The quantitative estimate of drug-likeness (QED) is 0.158. The van der Waals surface area contributed by atoms with Crippen molar-refractivity contribution in [2.24, 2.45) is 0 Å². The van der Waals surface area contributed by atoms with Crippen molar-refractivity contribution in [1.82, 2.24) is 29.1 Å². The SMILES string of the molecule is c1ccc(-c2nc(-c3ccccc3)nc(-c3cc(-c4cccc5c4oc4ccc6c7ccccc7n(-c7ccccc7)c6c45)cnc3-c3cccc4c3oc3ccc5c6ccccc6n(-c6ccccc6)c5c34)n2)cc1. The summed E-state index contributed by atoms with van der Waals surface area (Å²) >= 11 is 0. The lowest BCUT2D eigenvalue weighted by atomic mass is 9.97. The minimum Gasteiger partial charge on any atom is -0.455 e. The number of nitrogens with zero attached hydrogens (tertiary/aromatic N) is 6. The van der Waals surface area contributed by atoms with Gasteiger partial charge in [0.15, 0.2) is 17.5 Å². The summed E-state index contributed by atoms with van der Waals surface area (Å²) in [5.74, 6) is 1.58. The fourth-order valence-electron chi connectivity index (χ4n) is 11.7. The summed E-state index contributed by atoms with van der Waals surface area (Å²) < 4.78 is 18.9. The summed E-state index contributed by atoms with van der Waals surface area (Å²) in [7, 11) is 0. The van der Waals surface area contributed by atoms with E-state index in [1.54, 1.807) is 0 Å². The average Bonchev–Trinajstić information content (AvgIpc) is 4.34. The Bertz CT molecular complexity index is 4920. The average molecular weight is 973 g/mol. The molecule has 16 rings (SSSR count). The summed E-state index contributed by atoms with van der Waals surface area (Å²) in [6, 6.07) is 82.0. The molecule has 6 heterocycles. The Kier molecular flexibility index (Phi) is 9.17. The molecule has 8 heteroatoms. The number of aromatic nitrogens is 6. The van der Waals surface area contributed by atoms with Gasteiger partial charge in [-0.1, -0.05) is 164 Å². The molecule has 6 aromatic heterocycles. The maximum absolute atomic E-state index is 7.09. The lowest BCUT2D eigenvalue weighted by Crippen LogP contribution is -2.02. The van der Waals surface area contributed by atoms with Crippen molar-refractivity contribution in [2.45, 2.75) is 0 Å². The number of fused-ring (bicyclic) bond motifs is 14. The van der Waals surface area contributed by atoms with Gasteiger partial charge in [0, 0.05) is 83.3 Å². The van der Waals surface area contributed by atoms with E-state index in [0.29, 0.717) is 34.3 Å². The minimum atomic E-state index is 0.475. The number of benzene rings is 10. The molecular formula is C68H40N6O2. The van der Waals surface area contributed by atoms with Gasteiger partial charge in [-0.25, -0.2) is 15.0 Å². The highest BCUT2D eigenvalue weighted by Gasteiger charge is 2.26. The van der Waals surface area contributed by atoms with Crippen LogP contribution in [-0.2, 0) is 0 Å². The van der Waals surface area contributed by atoms with Crippen LogP contribution in [0.25, 0.3) is 155 Å². The highest BCUT2D eigenvalue weighted by Crippen LogP contribution is 2.47. The van der Waals surface area contributed by atoms with Gasteiger partial charge in [-0.15, -0.1) is 0 Å². The molecule has 0 saturated heterocycles. The molecule has 0 N–H and O–H groups in total. The van der Waals surface area contributed by atoms with Crippen LogP contribution in [0.2, 0.25) is 0 Å². The van der Waals surface area contributed by atoms with E-state index in [1.807, 2.05) is 66.9 Å². The number of para-hydroxylation sites is 6. The minimum absolute atomic E-state index is 0.475. The molecule has 8 nitrogen and oxygen atoms in total. The Morgan fingerprint density at radius 3 is 1.28 bits per heavy atom. The Balaban J connectivity index is 0.970. The van der Waals surface area contributed by atoms with Crippen molar-refractivity contribution in [3.8, 4) is 67.9 Å². The van der Waals surface area contributed by atoms with Gasteiger partial charge in [0.25, 0.3) is 0 Å². The van der Waals surface area contributed by atoms with Crippen LogP contribution in [-0.4, -0.2) is 29.1 Å². The Morgan fingerprint density at radius 1 is 0.316 bits per heavy atom. The molecule has 0 atom stereocenters. The second-order valence-corrected chi connectivity index (χ2v) is 19.3. The van der Waals surface area contributed by atoms with Crippen LogP contribution in [0.4, 0.5) is 0 Å². The first-order chi connectivity index (χ1) is 37.7. The highest BCUT2D eigenvalue weighted by molar-refractivity contribution is 6.27. The van der Waals surface area contributed by atoms with Gasteiger partial charge in [0.05, 0.1) is 38.5 Å². The summed E-state index contributed by atoms with van der Waals surface area (Å²) in [5, 5.41) is 8.73. The monoisotopic (exact) mass is 972 g/mol. The van der Waals surface area contributed by atoms with Crippen LogP contribution in [0, 0.1) is 0 Å². The van der Waals surface area contributed by atoms with Crippen LogP contribution in [0.1, 0.15) is 0 Å². The van der Waals surface area contributed by atoms with E-state index >= 15 is 0 Å². The summed E-state index contributed by atoms with van der Waals surface area (Å²) in [4.78, 5) is 21.2. The van der Waals surface area contributed by atoms with Crippen molar-refractivity contribution in [3.63, 3.8) is 0 Å². The Morgan fingerprint density at radius 2 is 0.750 bits per heavy atom. The number of hydrogen-bond donors (Lipinski definition) is 0. The number of hydrogen-bond acceptors (Lipinski definition) is 6. The van der Waals surface area contributed by atoms with Gasteiger partial charge >= 0.3 is 0 Å². The molecule has 76 heavy (non-hydrogen) atoms. The zero-order valence-electron chi connectivity index (χ0n) is 40.6. The zero-order valence-corrected chi connectivity index (χ0v) is 40.6. The molecule has 354 valence electrons. The third-order valence-electron chi connectivity index (χ3n) is 15.0. The molecule has 0 bridgehead atoms. The van der Waals surface area contributed by atoms with Crippen LogP contribution >= 0.6 is 0 Å². The van der Waals surface area contributed by atoms with Crippen molar-refractivity contribution >= 4 is 87.5 Å². The highest BCUT2D eigenvalue weighted by atomic mass is 16.3. The van der Waals surface area contributed by atoms with Crippen molar-refractivity contribution in [3.05, 3.63) is 243 Å². The molecule has 0 aliphatic carbocycles. The van der Waals surface area contributed by atoms with Crippen molar-refractivity contribution < 1.29 is 8.83 Å². The van der Waals surface area contributed by atoms with Crippen LogP contribution < -0.4 is 0 Å². The smallest absolute Gasteiger partial charge is 0.166 e. The second kappa shape index (κ2) is 16.5. The molecule has 0 radical (unpaired) electrons. The largest absolute Gasteiger partial charge is 0.455 e. The Labute approximate surface area is 434 Å². The molecule has 10 aromatic carbocycles. The van der Waals surface area contributed by atoms with Gasteiger partial charge in [0.2, 0.25) is 0 Å². The van der Waals surface area contributed by atoms with E-state index in [0.717, 1.165) is 110 Å². The third-order valence-corrected chi connectivity index (χ3v) is 15.0. The lowest BCUT2D eigenvalue weighted by molar-refractivity contribution is 0.669. The first-order valence-corrected chi connectivity index (χ1v) is 25.5. The summed E-state index contributed by atoms with van der Waals surface area (Å²) in [6.07, 6.45) is 1.95. The van der Waals surface area contributed by atoms with Gasteiger partial charge < -0.3 is 18.0 Å². The third kappa shape index (κ3) is 6.31. The normalized spacial score (nSPS) is 11.9. The second-order valence-electron chi connectivity index (χ2n) is 19.3. The topological polar surface area (TPSA) is 87.7 Å². The number of pyridine rings is 1. The molecule has 0 saturated carbocycles. The van der Waals surface area contributed by atoms with E-state index in [-0.39, 0.29) is 0 Å². The van der Waals surface area contributed by atoms with Crippen LogP contribution in [0.5, 0.6) is 0 Å². The van der Waals surface area contributed by atoms with E-state index < -0.39 is 0 Å². The van der Waals surface area contributed by atoms with E-state index in [1.165, 1.54) is 10.8 Å². The van der Waals surface area contributed by atoms with Crippen LogP contribution in [0.15, 0.2) is 252 Å². The predicted molar refractivity (Wildman–Crippen MR) is 308 cm³/mol. The first kappa shape index (κ1) is 42.1. The van der Waals surface area contributed by atoms with E-state index in [4.69, 9.17) is 28.8 Å². The maximum Gasteiger partial charge on any atom is 0.166 e. The predicted octanol–water partition coefficient (Wildman–Crippen LogP) is 17.6. The number of furan rings is 2. The van der Waals surface area contributed by atoms with Crippen molar-refractivity contribution in [1.29, 1.82) is 0 Å².